The van der Waals surface area contributed by atoms with Gasteiger partial charge in [0.1, 0.15) is 11.3 Å². The van der Waals surface area contributed by atoms with Crippen LogP contribution in [0.15, 0.2) is 12.3 Å². The van der Waals surface area contributed by atoms with Gasteiger partial charge >= 0.3 is 6.09 Å². The fourth-order valence-electron chi connectivity index (χ4n) is 2.01. The third-order valence-electron chi connectivity index (χ3n) is 2.96. The number of hydrogen-bond acceptors (Lipinski definition) is 4. The van der Waals surface area contributed by atoms with E-state index < -0.39 is 5.60 Å². The van der Waals surface area contributed by atoms with Crippen LogP contribution in [0.5, 0.6) is 0 Å². The molecule has 0 aliphatic heterocycles. The third-order valence-corrected chi connectivity index (χ3v) is 2.96. The molecule has 19 heavy (non-hydrogen) atoms. The molecule has 0 saturated heterocycles. The Bertz CT molecular complexity index is 470. The molecule has 1 aliphatic rings. The van der Waals surface area contributed by atoms with Crippen LogP contribution in [-0.2, 0) is 4.74 Å². The van der Waals surface area contributed by atoms with Crippen LogP contribution in [0.4, 0.5) is 4.79 Å². The maximum atomic E-state index is 11.6. The largest absolute Gasteiger partial charge is 0.444 e. The van der Waals surface area contributed by atoms with Gasteiger partial charge in [-0.3, -0.25) is 9.48 Å². The van der Waals surface area contributed by atoms with Gasteiger partial charge in [-0.15, -0.1) is 0 Å². The Balaban J connectivity index is 1.77. The molecule has 0 atom stereocenters. The average molecular weight is 265 g/mol. The summed E-state index contributed by atoms with van der Waals surface area (Å²) in [5, 5.41) is 6.95. The predicted octanol–water partition coefficient (Wildman–Crippen LogP) is 1.92. The summed E-state index contributed by atoms with van der Waals surface area (Å²) in [5.74, 6) is 0. The second-order valence-electron chi connectivity index (χ2n) is 5.81. The number of alkyl carbamates (subject to hydrolysis) is 1. The smallest absolute Gasteiger partial charge is 0.407 e. The van der Waals surface area contributed by atoms with Crippen molar-refractivity contribution in [2.24, 2.45) is 0 Å². The maximum Gasteiger partial charge on any atom is 0.407 e. The van der Waals surface area contributed by atoms with Crippen molar-refractivity contribution in [1.29, 1.82) is 0 Å². The number of hydrogen-bond donors (Lipinski definition) is 1. The third kappa shape index (κ3) is 3.56. The van der Waals surface area contributed by atoms with Crippen molar-refractivity contribution in [2.45, 2.75) is 51.3 Å². The van der Waals surface area contributed by atoms with E-state index in [1.165, 1.54) is 0 Å². The summed E-state index contributed by atoms with van der Waals surface area (Å²) in [7, 11) is 0. The van der Waals surface area contributed by atoms with Crippen molar-refractivity contribution in [2.75, 3.05) is 0 Å². The number of aromatic nitrogens is 2. The highest BCUT2D eigenvalue weighted by molar-refractivity contribution is 5.71. The lowest BCUT2D eigenvalue weighted by Gasteiger charge is -2.36. The van der Waals surface area contributed by atoms with E-state index in [-0.39, 0.29) is 18.2 Å². The zero-order chi connectivity index (χ0) is 14.0. The molecule has 104 valence electrons. The first-order chi connectivity index (χ1) is 8.87. The zero-order valence-corrected chi connectivity index (χ0v) is 11.4. The normalized spacial score (nSPS) is 22.5. The Labute approximate surface area is 112 Å². The number of ether oxygens (including phenoxy) is 1. The highest BCUT2D eigenvalue weighted by atomic mass is 16.6. The molecule has 1 amide bonds. The second kappa shape index (κ2) is 5.03. The van der Waals surface area contributed by atoms with E-state index >= 15 is 0 Å². The minimum atomic E-state index is -0.478. The van der Waals surface area contributed by atoms with Crippen LogP contribution in [0, 0.1) is 0 Å². The van der Waals surface area contributed by atoms with Gasteiger partial charge in [0.15, 0.2) is 6.29 Å². The van der Waals surface area contributed by atoms with Crippen molar-refractivity contribution >= 4 is 12.4 Å². The van der Waals surface area contributed by atoms with Gasteiger partial charge in [0, 0.05) is 12.2 Å². The van der Waals surface area contributed by atoms with E-state index in [9.17, 15) is 9.59 Å². The van der Waals surface area contributed by atoms with E-state index in [1.807, 2.05) is 20.8 Å². The second-order valence-corrected chi connectivity index (χ2v) is 5.81. The zero-order valence-electron chi connectivity index (χ0n) is 11.4. The number of nitrogens with one attached hydrogen (secondary N) is 1. The number of rotatable bonds is 3. The van der Waals surface area contributed by atoms with Crippen LogP contribution in [-0.4, -0.2) is 33.8 Å². The Hall–Kier alpha value is -1.85. The molecule has 6 heteroatoms. The molecule has 1 saturated carbocycles. The molecule has 2 rings (SSSR count). The molecule has 0 radical (unpaired) electrons. The standard InChI is InChI=1S/C13H19N3O3/c1-13(2,3)19-12(18)14-10-6-11(7-10)16-5-4-9(8-17)15-16/h4-5,8,10-11H,6-7H2,1-3H3,(H,14,18)/t10-,11+. The molecule has 6 nitrogen and oxygen atoms in total. The van der Waals surface area contributed by atoms with E-state index in [2.05, 4.69) is 10.4 Å². The number of carbonyl (C=O) groups excluding carboxylic acids is 2. The SMILES string of the molecule is CC(C)(C)OC(=O)N[C@H]1C[C@@H](n2ccc(C=O)n2)C1. The van der Waals surface area contributed by atoms with Crippen LogP contribution < -0.4 is 5.32 Å². The van der Waals surface area contributed by atoms with Crippen molar-refractivity contribution < 1.29 is 14.3 Å². The molecular formula is C13H19N3O3. The lowest BCUT2D eigenvalue weighted by Crippen LogP contribution is -2.46. The highest BCUT2D eigenvalue weighted by Gasteiger charge is 2.33. The Morgan fingerprint density at radius 2 is 2.21 bits per heavy atom. The molecule has 0 spiro atoms. The minimum absolute atomic E-state index is 0.115. The summed E-state index contributed by atoms with van der Waals surface area (Å²) in [4.78, 5) is 22.1. The van der Waals surface area contributed by atoms with E-state index in [0.717, 1.165) is 19.1 Å². The van der Waals surface area contributed by atoms with Gasteiger partial charge in [-0.05, 0) is 39.7 Å². The van der Waals surface area contributed by atoms with Gasteiger partial charge in [-0.1, -0.05) is 0 Å². The first-order valence-electron chi connectivity index (χ1n) is 6.37. The average Bonchev–Trinajstić information content (AvgIpc) is 2.68. The van der Waals surface area contributed by atoms with Gasteiger partial charge in [0.2, 0.25) is 0 Å². The van der Waals surface area contributed by atoms with Crippen LogP contribution in [0.1, 0.15) is 50.1 Å². The Morgan fingerprint density at radius 3 is 2.74 bits per heavy atom. The quantitative estimate of drug-likeness (QED) is 0.847. The number of nitrogens with zero attached hydrogens (tertiary/aromatic N) is 2. The summed E-state index contributed by atoms with van der Waals surface area (Å²) in [6.07, 6.45) is 3.74. The summed E-state index contributed by atoms with van der Waals surface area (Å²) in [6, 6.07) is 2.04. The summed E-state index contributed by atoms with van der Waals surface area (Å²) >= 11 is 0. The van der Waals surface area contributed by atoms with Gasteiger partial charge in [0.05, 0.1) is 6.04 Å². The van der Waals surface area contributed by atoms with Crippen molar-refractivity contribution in [1.82, 2.24) is 15.1 Å². The van der Waals surface area contributed by atoms with Gasteiger partial charge in [-0.2, -0.15) is 5.10 Å². The molecule has 0 bridgehead atoms. The molecule has 1 aromatic rings. The van der Waals surface area contributed by atoms with Crippen molar-refractivity contribution in [3.8, 4) is 0 Å². The van der Waals surface area contributed by atoms with E-state index in [0.29, 0.717) is 5.69 Å². The van der Waals surface area contributed by atoms with E-state index in [4.69, 9.17) is 4.74 Å². The van der Waals surface area contributed by atoms with Gasteiger partial charge in [0.25, 0.3) is 0 Å². The van der Waals surface area contributed by atoms with Gasteiger partial charge < -0.3 is 10.1 Å². The maximum absolute atomic E-state index is 11.6. The number of amides is 1. The highest BCUT2D eigenvalue weighted by Crippen LogP contribution is 2.31. The summed E-state index contributed by atoms with van der Waals surface area (Å²) in [6.45, 7) is 5.50. The molecule has 1 N–H and O–H groups in total. The first kappa shape index (κ1) is 13.6. The molecule has 1 aliphatic carbocycles. The van der Waals surface area contributed by atoms with Crippen molar-refractivity contribution in [3.05, 3.63) is 18.0 Å². The molecule has 1 heterocycles. The minimum Gasteiger partial charge on any atom is -0.444 e. The molecule has 1 fully saturated rings. The lowest BCUT2D eigenvalue weighted by molar-refractivity contribution is 0.0452. The fourth-order valence-corrected chi connectivity index (χ4v) is 2.01. The van der Waals surface area contributed by atoms with Crippen LogP contribution in [0.3, 0.4) is 0 Å². The molecule has 1 aromatic heterocycles. The molecule has 0 unspecified atom stereocenters. The van der Waals surface area contributed by atoms with Crippen LogP contribution in [0.25, 0.3) is 0 Å². The van der Waals surface area contributed by atoms with Crippen molar-refractivity contribution in [3.63, 3.8) is 0 Å². The fraction of sp³-hybridized carbons (Fsp3) is 0.615. The predicted molar refractivity (Wildman–Crippen MR) is 69.0 cm³/mol. The van der Waals surface area contributed by atoms with Crippen LogP contribution >= 0.6 is 0 Å². The lowest BCUT2D eigenvalue weighted by atomic mass is 9.87. The Morgan fingerprint density at radius 1 is 1.53 bits per heavy atom. The van der Waals surface area contributed by atoms with Crippen LogP contribution in [0.2, 0.25) is 0 Å². The number of carbonyl (C=O) groups is 2. The topological polar surface area (TPSA) is 73.2 Å². The van der Waals surface area contributed by atoms with Gasteiger partial charge in [-0.25, -0.2) is 4.79 Å². The number of aldehydes is 1. The molecule has 0 aromatic carbocycles. The summed E-state index contributed by atoms with van der Waals surface area (Å²) < 4.78 is 6.96. The first-order valence-corrected chi connectivity index (χ1v) is 6.37. The van der Waals surface area contributed by atoms with E-state index in [1.54, 1.807) is 16.9 Å². The Kier molecular flexibility index (Phi) is 3.59. The summed E-state index contributed by atoms with van der Waals surface area (Å²) in [5.41, 5.74) is -0.0443. The molecular weight excluding hydrogens is 246 g/mol. The monoisotopic (exact) mass is 265 g/mol.